The summed E-state index contributed by atoms with van der Waals surface area (Å²) in [5, 5.41) is 11.6. The molecule has 0 saturated carbocycles. The highest BCUT2D eigenvalue weighted by molar-refractivity contribution is 5.82. The Kier molecular flexibility index (Phi) is 9.13. The number of unbranched alkanes of at least 4 members (excludes halogenated alkanes) is 3. The van der Waals surface area contributed by atoms with Gasteiger partial charge in [-0.05, 0) is 24.0 Å². The minimum Gasteiger partial charge on any atom is -0.478 e. The molecule has 0 atom stereocenters. The van der Waals surface area contributed by atoms with Gasteiger partial charge in [-0.25, -0.2) is 4.79 Å². The third kappa shape index (κ3) is 9.30. The number of aliphatic carboxylic acids is 1. The number of carbonyl (C=O) groups is 2. The molecule has 1 aromatic carbocycles. The molecule has 0 aliphatic carbocycles. The first-order valence-electron chi connectivity index (χ1n) is 8.02. The third-order valence-electron chi connectivity index (χ3n) is 3.35. The van der Waals surface area contributed by atoms with Crippen LogP contribution in [0.15, 0.2) is 54.1 Å². The molecule has 0 bridgehead atoms. The number of carboxylic acids is 1. The molecule has 4 heteroatoms. The molecule has 0 aliphatic rings. The molecule has 0 fully saturated rings. The van der Waals surface area contributed by atoms with E-state index in [1.165, 1.54) is 6.08 Å². The molecule has 2 N–H and O–H groups in total. The van der Waals surface area contributed by atoms with E-state index in [1.807, 2.05) is 36.4 Å². The molecular formula is C19H25NO3. The second-order valence-electron chi connectivity index (χ2n) is 5.39. The topological polar surface area (TPSA) is 66.4 Å². The summed E-state index contributed by atoms with van der Waals surface area (Å²) < 4.78 is 0. The summed E-state index contributed by atoms with van der Waals surface area (Å²) in [5.41, 5.74) is 1.78. The van der Waals surface area contributed by atoms with E-state index in [2.05, 4.69) is 12.2 Å². The fourth-order valence-electron chi connectivity index (χ4n) is 2.10. The fraction of sp³-hybridized carbons (Fsp3) is 0.368. The predicted molar refractivity (Wildman–Crippen MR) is 91.9 cm³/mol. The number of amides is 1. The molecule has 1 amide bonds. The monoisotopic (exact) mass is 315 g/mol. The molecule has 0 spiro atoms. The largest absolute Gasteiger partial charge is 0.478 e. The van der Waals surface area contributed by atoms with Gasteiger partial charge in [0.15, 0.2) is 0 Å². The standard InChI is InChI=1S/C19H25NO3/c1-2-3-4-6-9-16(12-13-19(22)23)14-18(21)20-15-17-10-7-5-8-11-17/h5,7-13H,2-4,6,14-15H2,1H3,(H,20,21)(H,22,23)/b13-12+,16-9-. The first-order chi connectivity index (χ1) is 11.1. The smallest absolute Gasteiger partial charge is 0.328 e. The molecular weight excluding hydrogens is 290 g/mol. The second kappa shape index (κ2) is 11.2. The number of rotatable bonds is 10. The van der Waals surface area contributed by atoms with Gasteiger partial charge >= 0.3 is 5.97 Å². The van der Waals surface area contributed by atoms with E-state index in [0.717, 1.165) is 42.9 Å². The Morgan fingerprint density at radius 2 is 1.87 bits per heavy atom. The molecule has 0 heterocycles. The third-order valence-corrected chi connectivity index (χ3v) is 3.35. The van der Waals surface area contributed by atoms with Crippen molar-refractivity contribution in [1.29, 1.82) is 0 Å². The van der Waals surface area contributed by atoms with Crippen molar-refractivity contribution in [3.63, 3.8) is 0 Å². The average molecular weight is 315 g/mol. The number of benzene rings is 1. The lowest BCUT2D eigenvalue weighted by Gasteiger charge is -2.06. The van der Waals surface area contributed by atoms with E-state index in [9.17, 15) is 9.59 Å². The number of hydrogen-bond acceptors (Lipinski definition) is 2. The zero-order valence-electron chi connectivity index (χ0n) is 13.6. The Morgan fingerprint density at radius 1 is 1.13 bits per heavy atom. The average Bonchev–Trinajstić information content (AvgIpc) is 2.55. The number of nitrogens with one attached hydrogen (secondary N) is 1. The van der Waals surface area contributed by atoms with E-state index in [1.54, 1.807) is 0 Å². The van der Waals surface area contributed by atoms with Gasteiger partial charge in [0.25, 0.3) is 0 Å². The summed E-state index contributed by atoms with van der Waals surface area (Å²) in [5.74, 6) is -1.11. The van der Waals surface area contributed by atoms with Crippen molar-refractivity contribution in [2.45, 2.75) is 45.6 Å². The van der Waals surface area contributed by atoms with Gasteiger partial charge < -0.3 is 10.4 Å². The van der Waals surface area contributed by atoms with Crippen molar-refractivity contribution in [3.05, 3.63) is 59.7 Å². The van der Waals surface area contributed by atoms with Crippen molar-refractivity contribution < 1.29 is 14.7 Å². The van der Waals surface area contributed by atoms with Crippen molar-refractivity contribution >= 4 is 11.9 Å². The summed E-state index contributed by atoms with van der Waals surface area (Å²) in [6.07, 6.45) is 8.91. The molecule has 124 valence electrons. The Labute approximate surface area is 137 Å². The van der Waals surface area contributed by atoms with Crippen LogP contribution in [0, 0.1) is 0 Å². The van der Waals surface area contributed by atoms with E-state index in [-0.39, 0.29) is 12.3 Å². The Hall–Kier alpha value is -2.36. The van der Waals surface area contributed by atoms with E-state index >= 15 is 0 Å². The fourth-order valence-corrected chi connectivity index (χ4v) is 2.10. The summed E-state index contributed by atoms with van der Waals surface area (Å²) in [6, 6.07) is 9.68. The highest BCUT2D eigenvalue weighted by atomic mass is 16.4. The van der Waals surface area contributed by atoms with Crippen LogP contribution in [0.4, 0.5) is 0 Å². The number of carbonyl (C=O) groups excluding carboxylic acids is 1. The van der Waals surface area contributed by atoms with Crippen molar-refractivity contribution in [1.82, 2.24) is 5.32 Å². The number of carboxylic acid groups (broad SMARTS) is 1. The lowest BCUT2D eigenvalue weighted by atomic mass is 10.1. The maximum atomic E-state index is 12.0. The van der Waals surface area contributed by atoms with Gasteiger partial charge in [0.1, 0.15) is 0 Å². The van der Waals surface area contributed by atoms with Gasteiger partial charge in [0, 0.05) is 12.6 Å². The highest BCUT2D eigenvalue weighted by Crippen LogP contribution is 2.09. The Balaban J connectivity index is 2.53. The van der Waals surface area contributed by atoms with Crippen LogP contribution in [-0.4, -0.2) is 17.0 Å². The SMILES string of the molecule is CCCCC/C=C(/C=C/C(=O)O)CC(=O)NCc1ccccc1. The summed E-state index contributed by atoms with van der Waals surface area (Å²) in [6.45, 7) is 2.61. The van der Waals surface area contributed by atoms with E-state index in [4.69, 9.17) is 5.11 Å². The van der Waals surface area contributed by atoms with Crippen molar-refractivity contribution in [3.8, 4) is 0 Å². The molecule has 0 unspecified atom stereocenters. The van der Waals surface area contributed by atoms with Crippen LogP contribution in [0.1, 0.15) is 44.6 Å². The van der Waals surface area contributed by atoms with Gasteiger partial charge in [0.2, 0.25) is 5.91 Å². The Bertz CT molecular complexity index is 547. The summed E-state index contributed by atoms with van der Waals surface area (Å²) >= 11 is 0. The minimum atomic E-state index is -1.01. The van der Waals surface area contributed by atoms with Crippen LogP contribution in [0.5, 0.6) is 0 Å². The first-order valence-corrected chi connectivity index (χ1v) is 8.02. The van der Waals surface area contributed by atoms with Gasteiger partial charge in [-0.15, -0.1) is 0 Å². The van der Waals surface area contributed by atoms with Crippen LogP contribution in [0.25, 0.3) is 0 Å². The minimum absolute atomic E-state index is 0.106. The van der Waals surface area contributed by atoms with Crippen LogP contribution in [-0.2, 0) is 16.1 Å². The maximum Gasteiger partial charge on any atom is 0.328 e. The molecule has 0 aliphatic heterocycles. The molecule has 23 heavy (non-hydrogen) atoms. The molecule has 0 aromatic heterocycles. The lowest BCUT2D eigenvalue weighted by Crippen LogP contribution is -2.22. The lowest BCUT2D eigenvalue weighted by molar-refractivity contribution is -0.131. The molecule has 1 rings (SSSR count). The van der Waals surface area contributed by atoms with Crippen LogP contribution in [0.2, 0.25) is 0 Å². The van der Waals surface area contributed by atoms with Crippen LogP contribution < -0.4 is 5.32 Å². The van der Waals surface area contributed by atoms with E-state index in [0.29, 0.717) is 6.54 Å². The molecule has 4 nitrogen and oxygen atoms in total. The van der Waals surface area contributed by atoms with Gasteiger partial charge in [-0.1, -0.05) is 62.2 Å². The summed E-state index contributed by atoms with van der Waals surface area (Å²) in [7, 11) is 0. The van der Waals surface area contributed by atoms with E-state index < -0.39 is 5.97 Å². The maximum absolute atomic E-state index is 12.0. The van der Waals surface area contributed by atoms with Gasteiger partial charge in [0.05, 0.1) is 6.42 Å². The van der Waals surface area contributed by atoms with Crippen molar-refractivity contribution in [2.75, 3.05) is 0 Å². The second-order valence-corrected chi connectivity index (χ2v) is 5.39. The first kappa shape index (κ1) is 18.7. The molecule has 0 radical (unpaired) electrons. The zero-order valence-corrected chi connectivity index (χ0v) is 13.6. The molecule has 0 saturated heterocycles. The number of allylic oxidation sites excluding steroid dienone is 2. The van der Waals surface area contributed by atoms with Crippen LogP contribution >= 0.6 is 0 Å². The molecule has 1 aromatic rings. The van der Waals surface area contributed by atoms with Crippen LogP contribution in [0.3, 0.4) is 0 Å². The summed E-state index contributed by atoms with van der Waals surface area (Å²) in [4.78, 5) is 22.7. The van der Waals surface area contributed by atoms with Gasteiger partial charge in [-0.3, -0.25) is 4.79 Å². The quantitative estimate of drug-likeness (QED) is 0.391. The van der Waals surface area contributed by atoms with Crippen molar-refractivity contribution in [2.24, 2.45) is 0 Å². The number of hydrogen-bond donors (Lipinski definition) is 2. The van der Waals surface area contributed by atoms with Gasteiger partial charge in [-0.2, -0.15) is 0 Å². The predicted octanol–water partition coefficient (Wildman–Crippen LogP) is 3.84. The normalized spacial score (nSPS) is 11.6. The zero-order chi connectivity index (χ0) is 16.9. The highest BCUT2D eigenvalue weighted by Gasteiger charge is 2.04. The Morgan fingerprint density at radius 3 is 2.52 bits per heavy atom.